The highest BCUT2D eigenvalue weighted by Crippen LogP contribution is 2.27. The minimum absolute atomic E-state index is 0.113. The number of methoxy groups -OCH3 is 1. The molecule has 2 aromatic carbocycles. The number of nitrogens with zero attached hydrogens (tertiary/aromatic N) is 2. The summed E-state index contributed by atoms with van der Waals surface area (Å²) < 4.78 is 7.05. The van der Waals surface area contributed by atoms with Crippen molar-refractivity contribution in [3.63, 3.8) is 0 Å². The maximum absolute atomic E-state index is 12.7. The number of ether oxygens (including phenoxy) is 1. The van der Waals surface area contributed by atoms with E-state index in [1.165, 1.54) is 0 Å². The van der Waals surface area contributed by atoms with Crippen LogP contribution in [-0.2, 0) is 0 Å². The number of amides is 1. The van der Waals surface area contributed by atoms with Crippen LogP contribution in [0.15, 0.2) is 60.8 Å². The Labute approximate surface area is 153 Å². The Morgan fingerprint density at radius 3 is 2.69 bits per heavy atom. The second-order valence-electron chi connectivity index (χ2n) is 6.01. The molecule has 0 bridgehead atoms. The number of unbranched alkanes of at least 4 members (excludes halogenated alkanes) is 1. The molecule has 1 aromatic heterocycles. The third-order valence-corrected chi connectivity index (χ3v) is 4.14. The van der Waals surface area contributed by atoms with Crippen molar-refractivity contribution in [2.24, 2.45) is 0 Å². The maximum Gasteiger partial charge on any atom is 0.255 e. The molecule has 134 valence electrons. The van der Waals surface area contributed by atoms with Crippen molar-refractivity contribution in [1.82, 2.24) is 15.1 Å². The Morgan fingerprint density at radius 1 is 1.15 bits per heavy atom. The summed E-state index contributed by atoms with van der Waals surface area (Å²) in [6.45, 7) is 2.75. The molecule has 1 amide bonds. The monoisotopic (exact) mass is 349 g/mol. The summed E-state index contributed by atoms with van der Waals surface area (Å²) in [5.41, 5.74) is 2.95. The van der Waals surface area contributed by atoms with Gasteiger partial charge in [0.25, 0.3) is 5.91 Å². The third kappa shape index (κ3) is 3.94. The number of benzene rings is 2. The zero-order valence-electron chi connectivity index (χ0n) is 15.1. The van der Waals surface area contributed by atoms with E-state index in [0.29, 0.717) is 17.8 Å². The minimum Gasteiger partial charge on any atom is -0.497 e. The highest BCUT2D eigenvalue weighted by Gasteiger charge is 2.18. The Morgan fingerprint density at radius 2 is 1.96 bits per heavy atom. The highest BCUT2D eigenvalue weighted by atomic mass is 16.5. The van der Waals surface area contributed by atoms with Gasteiger partial charge in [-0.05, 0) is 30.7 Å². The van der Waals surface area contributed by atoms with Crippen LogP contribution in [0.2, 0.25) is 0 Å². The second kappa shape index (κ2) is 8.34. The molecule has 0 radical (unpaired) electrons. The van der Waals surface area contributed by atoms with Crippen molar-refractivity contribution in [3.8, 4) is 22.7 Å². The van der Waals surface area contributed by atoms with Crippen molar-refractivity contribution in [2.45, 2.75) is 19.8 Å². The summed E-state index contributed by atoms with van der Waals surface area (Å²) in [5, 5.41) is 7.66. The van der Waals surface area contributed by atoms with Crippen molar-refractivity contribution >= 4 is 5.91 Å². The second-order valence-corrected chi connectivity index (χ2v) is 6.01. The fraction of sp³-hybridized carbons (Fsp3) is 0.238. The molecule has 0 fully saturated rings. The van der Waals surface area contributed by atoms with Crippen LogP contribution in [0, 0.1) is 0 Å². The summed E-state index contributed by atoms with van der Waals surface area (Å²) >= 11 is 0. The molecule has 0 spiro atoms. The quantitative estimate of drug-likeness (QED) is 0.654. The van der Waals surface area contributed by atoms with Gasteiger partial charge >= 0.3 is 0 Å². The molecule has 0 saturated heterocycles. The summed E-state index contributed by atoms with van der Waals surface area (Å²) in [6, 6.07) is 17.4. The van der Waals surface area contributed by atoms with Gasteiger partial charge in [-0.2, -0.15) is 5.10 Å². The number of nitrogens with one attached hydrogen (secondary N) is 1. The molecule has 0 saturated carbocycles. The van der Waals surface area contributed by atoms with E-state index in [9.17, 15) is 4.79 Å². The van der Waals surface area contributed by atoms with Crippen LogP contribution in [-0.4, -0.2) is 29.3 Å². The van der Waals surface area contributed by atoms with Crippen molar-refractivity contribution < 1.29 is 9.53 Å². The van der Waals surface area contributed by atoms with E-state index in [1.807, 2.05) is 54.6 Å². The molecule has 1 heterocycles. The standard InChI is InChI=1S/C21H23N3O2/c1-3-4-13-22-21(25)19-15-24(17-10-6-5-7-11-17)23-20(19)16-9-8-12-18(14-16)26-2/h5-12,14-15H,3-4,13H2,1-2H3,(H,22,25). The van der Waals surface area contributed by atoms with E-state index in [0.717, 1.165) is 29.8 Å². The average molecular weight is 349 g/mol. The van der Waals surface area contributed by atoms with E-state index in [2.05, 4.69) is 17.3 Å². The predicted octanol–water partition coefficient (Wildman–Crippen LogP) is 4.08. The van der Waals surface area contributed by atoms with E-state index in [1.54, 1.807) is 18.0 Å². The molecule has 3 aromatic rings. The summed E-state index contributed by atoms with van der Waals surface area (Å²) in [6.07, 6.45) is 3.77. The zero-order valence-corrected chi connectivity index (χ0v) is 15.1. The van der Waals surface area contributed by atoms with Gasteiger partial charge in [-0.3, -0.25) is 4.79 Å². The molecular weight excluding hydrogens is 326 g/mol. The predicted molar refractivity (Wildman–Crippen MR) is 103 cm³/mol. The SMILES string of the molecule is CCCCNC(=O)c1cn(-c2ccccc2)nc1-c1cccc(OC)c1. The first-order valence-corrected chi connectivity index (χ1v) is 8.80. The number of aromatic nitrogens is 2. The first-order valence-electron chi connectivity index (χ1n) is 8.80. The molecule has 5 heteroatoms. The lowest BCUT2D eigenvalue weighted by Gasteiger charge is -2.06. The molecule has 26 heavy (non-hydrogen) atoms. The largest absolute Gasteiger partial charge is 0.497 e. The maximum atomic E-state index is 12.7. The number of carbonyl (C=O) groups is 1. The van der Waals surface area contributed by atoms with Crippen molar-refractivity contribution in [2.75, 3.05) is 13.7 Å². The van der Waals surface area contributed by atoms with Gasteiger partial charge in [0.2, 0.25) is 0 Å². The Balaban J connectivity index is 2.02. The minimum atomic E-state index is -0.113. The van der Waals surface area contributed by atoms with E-state index < -0.39 is 0 Å². The Kier molecular flexibility index (Phi) is 5.69. The smallest absolute Gasteiger partial charge is 0.255 e. The fourth-order valence-corrected chi connectivity index (χ4v) is 2.71. The molecule has 0 aliphatic carbocycles. The summed E-state index contributed by atoms with van der Waals surface area (Å²) in [4.78, 5) is 12.7. The molecule has 0 unspecified atom stereocenters. The fourth-order valence-electron chi connectivity index (χ4n) is 2.71. The lowest BCUT2D eigenvalue weighted by Crippen LogP contribution is -2.24. The number of rotatable bonds is 7. The topological polar surface area (TPSA) is 56.2 Å². The zero-order chi connectivity index (χ0) is 18.4. The van der Waals surface area contributed by atoms with Crippen LogP contribution in [0.5, 0.6) is 5.75 Å². The van der Waals surface area contributed by atoms with E-state index in [-0.39, 0.29) is 5.91 Å². The van der Waals surface area contributed by atoms with Crippen molar-refractivity contribution in [3.05, 3.63) is 66.4 Å². The van der Waals surface area contributed by atoms with Gasteiger partial charge in [0, 0.05) is 18.3 Å². The van der Waals surface area contributed by atoms with Crippen LogP contribution in [0.1, 0.15) is 30.1 Å². The molecule has 0 aliphatic heterocycles. The molecule has 5 nitrogen and oxygen atoms in total. The lowest BCUT2D eigenvalue weighted by atomic mass is 10.1. The number of hydrogen-bond acceptors (Lipinski definition) is 3. The van der Waals surface area contributed by atoms with Gasteiger partial charge in [-0.15, -0.1) is 0 Å². The molecule has 3 rings (SSSR count). The number of para-hydroxylation sites is 1. The first-order chi connectivity index (χ1) is 12.7. The molecule has 1 N–H and O–H groups in total. The highest BCUT2D eigenvalue weighted by molar-refractivity contribution is 6.00. The van der Waals surface area contributed by atoms with Gasteiger partial charge in [-0.25, -0.2) is 4.68 Å². The Hall–Kier alpha value is -3.08. The van der Waals surface area contributed by atoms with Gasteiger partial charge < -0.3 is 10.1 Å². The third-order valence-electron chi connectivity index (χ3n) is 4.14. The lowest BCUT2D eigenvalue weighted by molar-refractivity contribution is 0.0954. The number of hydrogen-bond donors (Lipinski definition) is 1. The van der Waals surface area contributed by atoms with Gasteiger partial charge in [0.05, 0.1) is 18.4 Å². The average Bonchev–Trinajstić information content (AvgIpc) is 3.14. The van der Waals surface area contributed by atoms with Gasteiger partial charge in [0.1, 0.15) is 11.4 Å². The first kappa shape index (κ1) is 17.7. The molecule has 0 atom stereocenters. The van der Waals surface area contributed by atoms with E-state index >= 15 is 0 Å². The van der Waals surface area contributed by atoms with Crippen LogP contribution in [0.25, 0.3) is 16.9 Å². The van der Waals surface area contributed by atoms with E-state index in [4.69, 9.17) is 4.74 Å². The van der Waals surface area contributed by atoms with Gasteiger partial charge in [0.15, 0.2) is 0 Å². The summed E-state index contributed by atoms with van der Waals surface area (Å²) in [7, 11) is 1.63. The van der Waals surface area contributed by atoms with Crippen LogP contribution in [0.3, 0.4) is 0 Å². The number of carbonyl (C=O) groups excluding carboxylic acids is 1. The van der Waals surface area contributed by atoms with Crippen LogP contribution < -0.4 is 10.1 Å². The van der Waals surface area contributed by atoms with Crippen molar-refractivity contribution in [1.29, 1.82) is 0 Å². The Bertz CT molecular complexity index is 872. The molecule has 0 aliphatic rings. The summed E-state index contributed by atoms with van der Waals surface area (Å²) in [5.74, 6) is 0.618. The normalized spacial score (nSPS) is 10.5. The molecular formula is C21H23N3O2. The van der Waals surface area contributed by atoms with Gasteiger partial charge in [-0.1, -0.05) is 43.7 Å². The van der Waals surface area contributed by atoms with Crippen LogP contribution >= 0.6 is 0 Å². The van der Waals surface area contributed by atoms with Crippen LogP contribution in [0.4, 0.5) is 0 Å².